The molecule has 0 atom stereocenters. The summed E-state index contributed by atoms with van der Waals surface area (Å²) in [5.41, 5.74) is 0. The zero-order chi connectivity index (χ0) is 7.40. The van der Waals surface area contributed by atoms with Gasteiger partial charge in [0.2, 0.25) is 5.91 Å². The van der Waals surface area contributed by atoms with Gasteiger partial charge in [-0.3, -0.25) is 4.79 Å². The summed E-state index contributed by atoms with van der Waals surface area (Å²) in [7, 11) is 0. The van der Waals surface area contributed by atoms with Crippen LogP contribution in [0.5, 0.6) is 0 Å². The first-order valence-corrected chi connectivity index (χ1v) is 2.61. The van der Waals surface area contributed by atoms with Crippen LogP contribution in [0.15, 0.2) is 0 Å². The molecule has 1 aromatic heterocycles. The minimum Gasteiger partial charge on any atom is -0.349 e. The van der Waals surface area contributed by atoms with Gasteiger partial charge in [0.25, 0.3) is 0 Å². The van der Waals surface area contributed by atoms with E-state index in [9.17, 15) is 4.79 Å². The first-order chi connectivity index (χ1) is 4.79. The molecule has 0 saturated heterocycles. The maximum Gasteiger partial charge on any atom is 0.220 e. The molecule has 0 fully saturated rings. The highest BCUT2D eigenvalue weighted by molar-refractivity contribution is 5.79. The molecule has 0 unspecified atom stereocenters. The number of rotatable bonds is 2. The highest BCUT2D eigenvalue weighted by Crippen LogP contribution is 1.79. The molecular formula is C4H6N5O. The predicted octanol–water partition coefficient (Wildman–Crippen LogP) is -1.35. The first kappa shape index (κ1) is 6.66. The van der Waals surface area contributed by atoms with E-state index >= 15 is 0 Å². The molecule has 1 rings (SSSR count). The fourth-order valence-corrected chi connectivity index (χ4v) is 0.436. The van der Waals surface area contributed by atoms with Gasteiger partial charge < -0.3 is 5.32 Å². The van der Waals surface area contributed by atoms with Gasteiger partial charge in [-0.1, -0.05) is 0 Å². The van der Waals surface area contributed by atoms with Gasteiger partial charge in [0.15, 0.2) is 5.82 Å². The van der Waals surface area contributed by atoms with E-state index in [1.807, 2.05) is 0 Å². The summed E-state index contributed by atoms with van der Waals surface area (Å²) >= 11 is 0. The molecule has 0 aliphatic carbocycles. The van der Waals surface area contributed by atoms with E-state index in [1.54, 1.807) is 0 Å². The van der Waals surface area contributed by atoms with Crippen molar-refractivity contribution in [3.8, 4) is 0 Å². The Hall–Kier alpha value is -1.46. The summed E-state index contributed by atoms with van der Waals surface area (Å²) in [4.78, 5) is 10.2. The SMILES string of the molecule is [CH2]C(=O)NCc1nnn[nH]1. The zero-order valence-electron chi connectivity index (χ0n) is 5.16. The van der Waals surface area contributed by atoms with Crippen LogP contribution in [-0.2, 0) is 11.3 Å². The third kappa shape index (κ3) is 1.81. The number of aromatic amines is 1. The molecule has 0 bridgehead atoms. The molecule has 1 aromatic rings. The van der Waals surface area contributed by atoms with Crippen molar-refractivity contribution in [2.45, 2.75) is 6.54 Å². The summed E-state index contributed by atoms with van der Waals surface area (Å²) in [6.07, 6.45) is 0. The highest BCUT2D eigenvalue weighted by Gasteiger charge is 1.95. The average molecular weight is 140 g/mol. The molecule has 2 N–H and O–H groups in total. The number of H-pyrrole nitrogens is 1. The van der Waals surface area contributed by atoms with Crippen molar-refractivity contribution in [2.75, 3.05) is 0 Å². The normalized spacial score (nSPS) is 9.30. The Bertz CT molecular complexity index is 205. The summed E-state index contributed by atoms with van der Waals surface area (Å²) in [6, 6.07) is 0. The molecule has 1 heterocycles. The Kier molecular flexibility index (Phi) is 1.93. The third-order valence-corrected chi connectivity index (χ3v) is 0.842. The molecule has 0 aromatic carbocycles. The standard InChI is InChI=1S/C4H6N5O/c1-3(10)5-2-4-6-8-9-7-4/h1-2H2,(H,5,10)(H,6,7,8,9). The lowest BCUT2D eigenvalue weighted by Gasteiger charge is -1.93. The van der Waals surface area contributed by atoms with Gasteiger partial charge in [-0.2, -0.15) is 0 Å². The van der Waals surface area contributed by atoms with Gasteiger partial charge in [-0.25, -0.2) is 5.10 Å². The second-order valence-corrected chi connectivity index (χ2v) is 1.62. The number of carbonyl (C=O) groups excluding carboxylic acids is 1. The maximum atomic E-state index is 10.2. The topological polar surface area (TPSA) is 83.6 Å². The summed E-state index contributed by atoms with van der Waals surface area (Å²) in [5, 5.41) is 15.0. The van der Waals surface area contributed by atoms with Crippen LogP contribution in [-0.4, -0.2) is 26.5 Å². The smallest absolute Gasteiger partial charge is 0.220 e. The van der Waals surface area contributed by atoms with Gasteiger partial charge in [0.05, 0.1) is 6.54 Å². The van der Waals surface area contributed by atoms with E-state index in [1.165, 1.54) is 0 Å². The van der Waals surface area contributed by atoms with E-state index in [0.717, 1.165) is 0 Å². The van der Waals surface area contributed by atoms with Crippen molar-refractivity contribution in [2.24, 2.45) is 0 Å². The number of nitrogens with zero attached hydrogens (tertiary/aromatic N) is 3. The van der Waals surface area contributed by atoms with E-state index < -0.39 is 0 Å². The Labute approximate surface area is 57.0 Å². The summed E-state index contributed by atoms with van der Waals surface area (Å²) in [5.74, 6) is 0.161. The molecule has 53 valence electrons. The number of tetrazole rings is 1. The van der Waals surface area contributed by atoms with Crippen LogP contribution in [0.1, 0.15) is 5.82 Å². The lowest BCUT2D eigenvalue weighted by molar-refractivity contribution is -0.116. The van der Waals surface area contributed by atoms with Crippen LogP contribution >= 0.6 is 0 Å². The Morgan fingerprint density at radius 2 is 2.60 bits per heavy atom. The maximum absolute atomic E-state index is 10.2. The van der Waals surface area contributed by atoms with Gasteiger partial charge in [0, 0.05) is 6.92 Å². The van der Waals surface area contributed by atoms with Gasteiger partial charge in [-0.15, -0.1) is 5.10 Å². The molecular weight excluding hydrogens is 134 g/mol. The van der Waals surface area contributed by atoms with Gasteiger partial charge >= 0.3 is 0 Å². The minimum atomic E-state index is -0.351. The number of carbonyl (C=O) groups is 1. The second kappa shape index (κ2) is 2.90. The average Bonchev–Trinajstić information content (AvgIpc) is 2.34. The number of hydrogen-bond acceptors (Lipinski definition) is 4. The van der Waals surface area contributed by atoms with E-state index in [0.29, 0.717) is 5.82 Å². The van der Waals surface area contributed by atoms with E-state index in [2.05, 4.69) is 32.9 Å². The number of hydrogen-bond donors (Lipinski definition) is 2. The molecule has 6 heteroatoms. The van der Waals surface area contributed by atoms with Crippen molar-refractivity contribution in [1.29, 1.82) is 0 Å². The molecule has 0 spiro atoms. The Morgan fingerprint density at radius 3 is 3.10 bits per heavy atom. The summed E-state index contributed by atoms with van der Waals surface area (Å²) in [6.45, 7) is 3.39. The molecule has 0 aliphatic heterocycles. The molecule has 0 saturated carbocycles. The molecule has 0 aliphatic rings. The van der Waals surface area contributed by atoms with Crippen molar-refractivity contribution in [3.05, 3.63) is 12.7 Å². The minimum absolute atomic E-state index is 0.287. The largest absolute Gasteiger partial charge is 0.349 e. The van der Waals surface area contributed by atoms with Crippen LogP contribution in [0.2, 0.25) is 0 Å². The van der Waals surface area contributed by atoms with Crippen molar-refractivity contribution in [3.63, 3.8) is 0 Å². The van der Waals surface area contributed by atoms with Crippen LogP contribution < -0.4 is 5.32 Å². The molecule has 10 heavy (non-hydrogen) atoms. The lowest BCUT2D eigenvalue weighted by Crippen LogP contribution is -2.19. The third-order valence-electron chi connectivity index (χ3n) is 0.842. The predicted molar refractivity (Wildman–Crippen MR) is 31.4 cm³/mol. The molecule has 1 radical (unpaired) electrons. The van der Waals surface area contributed by atoms with E-state index in [-0.39, 0.29) is 12.5 Å². The second-order valence-electron chi connectivity index (χ2n) is 1.62. The van der Waals surface area contributed by atoms with Crippen LogP contribution in [0.4, 0.5) is 0 Å². The fraction of sp³-hybridized carbons (Fsp3) is 0.250. The number of aromatic nitrogens is 4. The van der Waals surface area contributed by atoms with Crippen LogP contribution in [0.3, 0.4) is 0 Å². The van der Waals surface area contributed by atoms with E-state index in [4.69, 9.17) is 0 Å². The van der Waals surface area contributed by atoms with Gasteiger partial charge in [0.1, 0.15) is 0 Å². The molecule has 1 amide bonds. The zero-order valence-corrected chi connectivity index (χ0v) is 5.16. The Balaban J connectivity index is 2.35. The summed E-state index contributed by atoms with van der Waals surface area (Å²) < 4.78 is 0. The monoisotopic (exact) mass is 140 g/mol. The van der Waals surface area contributed by atoms with Crippen molar-refractivity contribution in [1.82, 2.24) is 25.9 Å². The van der Waals surface area contributed by atoms with Crippen molar-refractivity contribution >= 4 is 5.91 Å². The number of nitrogens with one attached hydrogen (secondary N) is 2. The van der Waals surface area contributed by atoms with Crippen LogP contribution in [0.25, 0.3) is 0 Å². The number of amides is 1. The molecule has 6 nitrogen and oxygen atoms in total. The quantitative estimate of drug-likeness (QED) is 0.532. The fourth-order valence-electron chi connectivity index (χ4n) is 0.436. The first-order valence-electron chi connectivity index (χ1n) is 2.61. The van der Waals surface area contributed by atoms with Gasteiger partial charge in [-0.05, 0) is 10.4 Å². The highest BCUT2D eigenvalue weighted by atomic mass is 16.1. The van der Waals surface area contributed by atoms with Crippen molar-refractivity contribution < 1.29 is 4.79 Å². The Morgan fingerprint density at radius 1 is 1.80 bits per heavy atom. The van der Waals surface area contributed by atoms with Crippen LogP contribution in [0, 0.1) is 6.92 Å². The lowest BCUT2D eigenvalue weighted by atomic mass is 10.6.